The lowest BCUT2D eigenvalue weighted by Crippen LogP contribution is -2.04. The van der Waals surface area contributed by atoms with Gasteiger partial charge in [-0.15, -0.1) is 0 Å². The van der Waals surface area contributed by atoms with Crippen LogP contribution in [0, 0.1) is 6.92 Å². The van der Waals surface area contributed by atoms with Crippen molar-refractivity contribution in [1.82, 2.24) is 0 Å². The van der Waals surface area contributed by atoms with Gasteiger partial charge in [0, 0.05) is 23.6 Å². The van der Waals surface area contributed by atoms with Gasteiger partial charge in [-0.2, -0.15) is 0 Å². The van der Waals surface area contributed by atoms with Gasteiger partial charge in [0.2, 0.25) is 0 Å². The van der Waals surface area contributed by atoms with E-state index in [0.29, 0.717) is 22.8 Å². The monoisotopic (exact) mass is 366 g/mol. The van der Waals surface area contributed by atoms with Gasteiger partial charge in [0.1, 0.15) is 11.3 Å². The van der Waals surface area contributed by atoms with Crippen LogP contribution in [0.3, 0.4) is 0 Å². The van der Waals surface area contributed by atoms with Crippen LogP contribution in [0.5, 0.6) is 17.2 Å². The number of esters is 1. The standard InChI is InChI=1S/C21H18O6/c1-13-10-21(23)27-18-12-15(6-7-16(13)18)26-20(22)9-5-14-4-8-17(24-2)19(11-14)25-3/h4-12H,1-3H3. The van der Waals surface area contributed by atoms with Gasteiger partial charge < -0.3 is 18.6 Å². The molecule has 0 aliphatic rings. The van der Waals surface area contributed by atoms with Crippen molar-refractivity contribution in [3.05, 3.63) is 70.1 Å². The van der Waals surface area contributed by atoms with Crippen molar-refractivity contribution < 1.29 is 23.4 Å². The average Bonchev–Trinajstić information content (AvgIpc) is 2.65. The van der Waals surface area contributed by atoms with Crippen LogP contribution in [0.1, 0.15) is 11.1 Å². The molecule has 0 fully saturated rings. The van der Waals surface area contributed by atoms with Gasteiger partial charge in [-0.3, -0.25) is 0 Å². The Morgan fingerprint density at radius 2 is 1.78 bits per heavy atom. The minimum atomic E-state index is -0.556. The largest absolute Gasteiger partial charge is 0.493 e. The molecule has 3 rings (SSSR count). The quantitative estimate of drug-likeness (QED) is 0.296. The molecule has 0 radical (unpaired) electrons. The topological polar surface area (TPSA) is 75.0 Å². The Morgan fingerprint density at radius 3 is 2.52 bits per heavy atom. The first-order valence-corrected chi connectivity index (χ1v) is 8.16. The summed E-state index contributed by atoms with van der Waals surface area (Å²) in [7, 11) is 3.09. The van der Waals surface area contributed by atoms with Crippen molar-refractivity contribution in [1.29, 1.82) is 0 Å². The zero-order valence-corrected chi connectivity index (χ0v) is 15.1. The van der Waals surface area contributed by atoms with E-state index in [1.165, 1.54) is 18.2 Å². The van der Waals surface area contributed by atoms with Crippen molar-refractivity contribution >= 4 is 23.0 Å². The highest BCUT2D eigenvalue weighted by Gasteiger charge is 2.07. The smallest absolute Gasteiger partial charge is 0.336 e. The molecule has 0 aliphatic heterocycles. The fourth-order valence-electron chi connectivity index (χ4n) is 2.64. The number of rotatable bonds is 5. The number of hydrogen-bond donors (Lipinski definition) is 0. The van der Waals surface area contributed by atoms with Crippen LogP contribution in [0.4, 0.5) is 0 Å². The first kappa shape index (κ1) is 18.3. The van der Waals surface area contributed by atoms with Crippen LogP contribution < -0.4 is 19.8 Å². The first-order valence-electron chi connectivity index (χ1n) is 8.16. The van der Waals surface area contributed by atoms with Crippen LogP contribution >= 0.6 is 0 Å². The lowest BCUT2D eigenvalue weighted by Gasteiger charge is -2.07. The number of methoxy groups -OCH3 is 2. The predicted molar refractivity (Wildman–Crippen MR) is 101 cm³/mol. The highest BCUT2D eigenvalue weighted by Crippen LogP contribution is 2.28. The molecule has 6 nitrogen and oxygen atoms in total. The number of aryl methyl sites for hydroxylation is 1. The summed E-state index contributed by atoms with van der Waals surface area (Å²) in [6, 6.07) is 11.6. The molecule has 0 unspecified atom stereocenters. The maximum absolute atomic E-state index is 12.1. The molecular weight excluding hydrogens is 348 g/mol. The Bertz CT molecular complexity index is 1080. The zero-order valence-electron chi connectivity index (χ0n) is 15.1. The van der Waals surface area contributed by atoms with Gasteiger partial charge in [0.15, 0.2) is 11.5 Å². The second-order valence-corrected chi connectivity index (χ2v) is 5.78. The molecule has 2 aromatic carbocycles. The highest BCUT2D eigenvalue weighted by atomic mass is 16.5. The Hall–Kier alpha value is -3.54. The summed E-state index contributed by atoms with van der Waals surface area (Å²) in [5.41, 5.74) is 1.48. The third-order valence-corrected chi connectivity index (χ3v) is 3.96. The molecule has 0 amide bonds. The second-order valence-electron chi connectivity index (χ2n) is 5.78. The van der Waals surface area contributed by atoms with E-state index in [1.807, 2.05) is 6.92 Å². The molecule has 27 heavy (non-hydrogen) atoms. The van der Waals surface area contributed by atoms with Gasteiger partial charge in [-0.25, -0.2) is 9.59 Å². The Kier molecular flexibility index (Phi) is 5.26. The fraction of sp³-hybridized carbons (Fsp3) is 0.143. The lowest BCUT2D eigenvalue weighted by atomic mass is 10.1. The fourth-order valence-corrected chi connectivity index (χ4v) is 2.64. The third kappa shape index (κ3) is 4.17. The Labute approximate surface area is 155 Å². The van der Waals surface area contributed by atoms with E-state index >= 15 is 0 Å². The lowest BCUT2D eigenvalue weighted by molar-refractivity contribution is -0.128. The van der Waals surface area contributed by atoms with Gasteiger partial charge in [-0.05, 0) is 48.4 Å². The normalized spacial score (nSPS) is 10.9. The number of hydrogen-bond acceptors (Lipinski definition) is 6. The van der Waals surface area contributed by atoms with Crippen molar-refractivity contribution in [2.75, 3.05) is 14.2 Å². The number of ether oxygens (including phenoxy) is 3. The van der Waals surface area contributed by atoms with Gasteiger partial charge in [0.25, 0.3) is 0 Å². The number of benzene rings is 2. The first-order chi connectivity index (χ1) is 13.0. The molecule has 0 aliphatic carbocycles. The maximum atomic E-state index is 12.1. The van der Waals surface area contributed by atoms with Gasteiger partial charge in [-0.1, -0.05) is 6.07 Å². The van der Waals surface area contributed by atoms with Crippen LogP contribution in [0.25, 0.3) is 17.0 Å². The summed E-state index contributed by atoms with van der Waals surface area (Å²) in [4.78, 5) is 23.6. The predicted octanol–water partition coefficient (Wildman–Crippen LogP) is 3.74. The van der Waals surface area contributed by atoms with Crippen molar-refractivity contribution in [2.45, 2.75) is 6.92 Å². The SMILES string of the molecule is COc1ccc(C=CC(=O)Oc2ccc3c(C)cc(=O)oc3c2)cc1OC. The van der Waals surface area contributed by atoms with E-state index in [9.17, 15) is 9.59 Å². The number of carbonyl (C=O) groups is 1. The summed E-state index contributed by atoms with van der Waals surface area (Å²) in [5.74, 6) is 0.899. The van der Waals surface area contributed by atoms with Crippen LogP contribution in [-0.2, 0) is 4.79 Å². The van der Waals surface area contributed by atoms with E-state index in [2.05, 4.69) is 0 Å². The molecule has 3 aromatic rings. The van der Waals surface area contributed by atoms with E-state index < -0.39 is 11.6 Å². The molecule has 0 spiro atoms. The molecule has 0 bridgehead atoms. The summed E-state index contributed by atoms with van der Waals surface area (Å²) in [6.07, 6.45) is 2.91. The molecule has 0 saturated carbocycles. The minimum Gasteiger partial charge on any atom is -0.493 e. The van der Waals surface area contributed by atoms with E-state index in [-0.39, 0.29) is 0 Å². The average molecular weight is 366 g/mol. The highest BCUT2D eigenvalue weighted by molar-refractivity contribution is 5.89. The molecule has 0 saturated heterocycles. The molecule has 0 atom stereocenters. The summed E-state index contributed by atoms with van der Waals surface area (Å²) in [5, 5.41) is 0.787. The molecule has 0 N–H and O–H groups in total. The Morgan fingerprint density at radius 1 is 1.00 bits per heavy atom. The molecule has 1 aromatic heterocycles. The molecule has 1 heterocycles. The van der Waals surface area contributed by atoms with Crippen molar-refractivity contribution in [3.63, 3.8) is 0 Å². The number of carbonyl (C=O) groups excluding carboxylic acids is 1. The molecule has 6 heteroatoms. The zero-order chi connectivity index (χ0) is 19.4. The van der Waals surface area contributed by atoms with Crippen molar-refractivity contribution in [2.24, 2.45) is 0 Å². The Balaban J connectivity index is 1.76. The van der Waals surface area contributed by atoms with Crippen LogP contribution in [0.15, 0.2) is 57.8 Å². The van der Waals surface area contributed by atoms with Crippen molar-refractivity contribution in [3.8, 4) is 17.2 Å². The third-order valence-electron chi connectivity index (χ3n) is 3.96. The maximum Gasteiger partial charge on any atom is 0.336 e. The van der Waals surface area contributed by atoms with E-state index in [4.69, 9.17) is 18.6 Å². The van der Waals surface area contributed by atoms with Gasteiger partial charge >= 0.3 is 11.6 Å². The van der Waals surface area contributed by atoms with Crippen LogP contribution in [0.2, 0.25) is 0 Å². The summed E-state index contributed by atoms with van der Waals surface area (Å²) < 4.78 is 20.8. The minimum absolute atomic E-state index is 0.290. The second kappa shape index (κ2) is 7.78. The molecule has 138 valence electrons. The van der Waals surface area contributed by atoms with Gasteiger partial charge in [0.05, 0.1) is 14.2 Å². The van der Waals surface area contributed by atoms with E-state index in [1.54, 1.807) is 50.6 Å². The van der Waals surface area contributed by atoms with Crippen LogP contribution in [-0.4, -0.2) is 20.2 Å². The van der Waals surface area contributed by atoms with E-state index in [0.717, 1.165) is 16.5 Å². The number of fused-ring (bicyclic) bond motifs is 1. The molecular formula is C21H18O6. The summed E-state index contributed by atoms with van der Waals surface area (Å²) in [6.45, 7) is 1.82. The summed E-state index contributed by atoms with van der Waals surface area (Å²) >= 11 is 0.